The Labute approximate surface area is 85.6 Å². The summed E-state index contributed by atoms with van der Waals surface area (Å²) in [6, 6.07) is 0. The zero-order valence-corrected chi connectivity index (χ0v) is 9.10. The predicted molar refractivity (Wildman–Crippen MR) is 55.9 cm³/mol. The molecule has 0 radical (unpaired) electrons. The van der Waals surface area contributed by atoms with E-state index < -0.39 is 0 Å². The molecule has 3 unspecified atom stereocenters. The monoisotopic (exact) mass is 196 g/mol. The maximum absolute atomic E-state index is 11.8. The van der Waals surface area contributed by atoms with Gasteiger partial charge in [0.25, 0.3) is 0 Å². The molecule has 3 heteroatoms. The molecule has 2 fully saturated rings. The Kier molecular flexibility index (Phi) is 2.52. The fourth-order valence-corrected chi connectivity index (χ4v) is 2.71. The Bertz CT molecular complexity index is 241. The molecule has 1 saturated carbocycles. The minimum Gasteiger partial charge on any atom is -0.353 e. The van der Waals surface area contributed by atoms with Gasteiger partial charge in [0.05, 0.1) is 5.54 Å². The quantitative estimate of drug-likeness (QED) is 0.604. The summed E-state index contributed by atoms with van der Waals surface area (Å²) in [5.41, 5.74) is -0.232. The van der Waals surface area contributed by atoms with Crippen LogP contribution >= 0.6 is 0 Å². The summed E-state index contributed by atoms with van der Waals surface area (Å²) in [4.78, 5) is 11.8. The summed E-state index contributed by atoms with van der Waals surface area (Å²) in [5.74, 6) is 1.64. The highest BCUT2D eigenvalue weighted by atomic mass is 16.2. The summed E-state index contributed by atoms with van der Waals surface area (Å²) in [6.45, 7) is 6.25. The molecule has 0 aromatic carbocycles. The molecule has 1 aliphatic heterocycles. The number of carbonyl (C=O) groups is 1. The highest BCUT2D eigenvalue weighted by molar-refractivity contribution is 5.87. The third kappa shape index (κ3) is 1.54. The van der Waals surface area contributed by atoms with E-state index >= 15 is 0 Å². The second kappa shape index (κ2) is 3.54. The molecule has 1 saturated heterocycles. The van der Waals surface area contributed by atoms with Crippen LogP contribution in [-0.2, 0) is 4.79 Å². The largest absolute Gasteiger partial charge is 0.353 e. The maximum Gasteiger partial charge on any atom is 0.240 e. The number of rotatable bonds is 0. The predicted octanol–water partition coefficient (Wildman–Crippen LogP) is 0.901. The van der Waals surface area contributed by atoms with Crippen LogP contribution in [0.4, 0.5) is 0 Å². The highest BCUT2D eigenvalue weighted by Gasteiger charge is 2.44. The van der Waals surface area contributed by atoms with Gasteiger partial charge in [-0.15, -0.1) is 0 Å². The van der Waals surface area contributed by atoms with Gasteiger partial charge in [0.1, 0.15) is 0 Å². The van der Waals surface area contributed by atoms with Crippen molar-refractivity contribution in [3.8, 4) is 0 Å². The van der Waals surface area contributed by atoms with Gasteiger partial charge in [0.2, 0.25) is 5.91 Å². The normalized spacial score (nSPS) is 43.7. The lowest BCUT2D eigenvalue weighted by Crippen LogP contribution is -2.65. The van der Waals surface area contributed by atoms with E-state index in [1.165, 1.54) is 6.42 Å². The van der Waals surface area contributed by atoms with Crippen LogP contribution in [0.2, 0.25) is 0 Å². The van der Waals surface area contributed by atoms with E-state index in [2.05, 4.69) is 24.5 Å². The average molecular weight is 196 g/mol. The second-order valence-electron chi connectivity index (χ2n) is 4.96. The number of piperazine rings is 1. The van der Waals surface area contributed by atoms with Crippen LogP contribution in [0.15, 0.2) is 0 Å². The molecule has 1 spiro atoms. The van der Waals surface area contributed by atoms with Gasteiger partial charge in [-0.05, 0) is 31.1 Å². The molecule has 0 bridgehead atoms. The molecular formula is C11H20N2O. The van der Waals surface area contributed by atoms with E-state index in [0.29, 0.717) is 5.92 Å². The van der Waals surface area contributed by atoms with Crippen molar-refractivity contribution in [3.05, 3.63) is 0 Å². The molecule has 14 heavy (non-hydrogen) atoms. The van der Waals surface area contributed by atoms with Crippen molar-refractivity contribution in [2.45, 2.75) is 38.6 Å². The van der Waals surface area contributed by atoms with Crippen molar-refractivity contribution in [1.82, 2.24) is 10.6 Å². The molecule has 0 aromatic rings. The van der Waals surface area contributed by atoms with Crippen molar-refractivity contribution in [2.24, 2.45) is 11.8 Å². The van der Waals surface area contributed by atoms with Gasteiger partial charge in [-0.25, -0.2) is 0 Å². The number of carbonyl (C=O) groups excluding carboxylic acids is 1. The lowest BCUT2D eigenvalue weighted by molar-refractivity contribution is -0.132. The Morgan fingerprint density at radius 3 is 2.71 bits per heavy atom. The lowest BCUT2D eigenvalue weighted by atomic mass is 9.70. The standard InChI is InChI=1S/C11H20N2O/c1-8-3-4-11(7-9(8)2)10(14)12-5-6-13-11/h8-9,13H,3-7H2,1-2H3,(H,12,14). The van der Waals surface area contributed by atoms with Gasteiger partial charge in [-0.3, -0.25) is 4.79 Å². The van der Waals surface area contributed by atoms with Gasteiger partial charge in [0, 0.05) is 13.1 Å². The van der Waals surface area contributed by atoms with E-state index in [9.17, 15) is 4.79 Å². The molecule has 1 aliphatic carbocycles. The topological polar surface area (TPSA) is 41.1 Å². The van der Waals surface area contributed by atoms with Crippen LogP contribution in [0.1, 0.15) is 33.1 Å². The fraction of sp³-hybridized carbons (Fsp3) is 0.909. The number of amides is 1. The van der Waals surface area contributed by atoms with E-state index in [1.54, 1.807) is 0 Å². The first-order chi connectivity index (χ1) is 6.64. The first kappa shape index (κ1) is 9.97. The number of nitrogens with one attached hydrogen (secondary N) is 2. The van der Waals surface area contributed by atoms with E-state index in [0.717, 1.165) is 31.8 Å². The van der Waals surface area contributed by atoms with Crippen molar-refractivity contribution in [1.29, 1.82) is 0 Å². The zero-order valence-electron chi connectivity index (χ0n) is 9.10. The van der Waals surface area contributed by atoms with Gasteiger partial charge < -0.3 is 10.6 Å². The smallest absolute Gasteiger partial charge is 0.240 e. The maximum atomic E-state index is 11.8. The summed E-state index contributed by atoms with van der Waals surface area (Å²) in [5, 5.41) is 6.40. The number of hydrogen-bond donors (Lipinski definition) is 2. The molecule has 3 nitrogen and oxygen atoms in total. The third-order valence-electron chi connectivity index (χ3n) is 3.98. The Morgan fingerprint density at radius 1 is 1.29 bits per heavy atom. The van der Waals surface area contributed by atoms with Crippen molar-refractivity contribution in [2.75, 3.05) is 13.1 Å². The zero-order chi connectivity index (χ0) is 10.2. The van der Waals surface area contributed by atoms with Gasteiger partial charge in [0.15, 0.2) is 0 Å². The summed E-state index contributed by atoms with van der Waals surface area (Å²) in [7, 11) is 0. The molecule has 2 rings (SSSR count). The first-order valence-corrected chi connectivity index (χ1v) is 5.67. The Hall–Kier alpha value is -0.570. The van der Waals surface area contributed by atoms with Crippen LogP contribution in [0.25, 0.3) is 0 Å². The van der Waals surface area contributed by atoms with Crippen molar-refractivity contribution >= 4 is 5.91 Å². The minimum atomic E-state index is -0.232. The molecular weight excluding hydrogens is 176 g/mol. The second-order valence-corrected chi connectivity index (χ2v) is 4.96. The van der Waals surface area contributed by atoms with Crippen LogP contribution in [0, 0.1) is 11.8 Å². The Balaban J connectivity index is 2.11. The molecule has 2 N–H and O–H groups in total. The molecule has 80 valence electrons. The fourth-order valence-electron chi connectivity index (χ4n) is 2.71. The van der Waals surface area contributed by atoms with Crippen LogP contribution in [0.5, 0.6) is 0 Å². The molecule has 1 heterocycles. The SMILES string of the molecule is CC1CCC2(CC1C)NCCNC2=O. The van der Waals surface area contributed by atoms with Crippen molar-refractivity contribution in [3.63, 3.8) is 0 Å². The average Bonchev–Trinajstić information content (AvgIpc) is 2.17. The van der Waals surface area contributed by atoms with Crippen LogP contribution in [0.3, 0.4) is 0 Å². The van der Waals surface area contributed by atoms with E-state index in [-0.39, 0.29) is 11.4 Å². The first-order valence-electron chi connectivity index (χ1n) is 5.67. The van der Waals surface area contributed by atoms with Gasteiger partial charge in [-0.1, -0.05) is 13.8 Å². The van der Waals surface area contributed by atoms with E-state index in [1.807, 2.05) is 0 Å². The molecule has 1 amide bonds. The molecule has 3 atom stereocenters. The van der Waals surface area contributed by atoms with Crippen molar-refractivity contribution < 1.29 is 4.79 Å². The number of hydrogen-bond acceptors (Lipinski definition) is 2. The lowest BCUT2D eigenvalue weighted by Gasteiger charge is -2.44. The summed E-state index contributed by atoms with van der Waals surface area (Å²) in [6.07, 6.45) is 3.17. The third-order valence-corrected chi connectivity index (χ3v) is 3.98. The van der Waals surface area contributed by atoms with Gasteiger partial charge >= 0.3 is 0 Å². The molecule has 0 aromatic heterocycles. The minimum absolute atomic E-state index is 0.225. The van der Waals surface area contributed by atoms with Crippen LogP contribution in [-0.4, -0.2) is 24.5 Å². The summed E-state index contributed by atoms with van der Waals surface area (Å²) >= 11 is 0. The van der Waals surface area contributed by atoms with Crippen LogP contribution < -0.4 is 10.6 Å². The van der Waals surface area contributed by atoms with Gasteiger partial charge in [-0.2, -0.15) is 0 Å². The Morgan fingerprint density at radius 2 is 2.07 bits per heavy atom. The van der Waals surface area contributed by atoms with E-state index in [4.69, 9.17) is 0 Å². The summed E-state index contributed by atoms with van der Waals surface area (Å²) < 4.78 is 0. The molecule has 2 aliphatic rings. The highest BCUT2D eigenvalue weighted by Crippen LogP contribution is 2.36.